The SMILES string of the molecule is COC(=O)C1CCN(C(=O)COC(=O)c2cc([N+](=O)[O-])ccc2OC)CC1. The van der Waals surface area contributed by atoms with E-state index in [-0.39, 0.29) is 28.9 Å². The van der Waals surface area contributed by atoms with Gasteiger partial charge in [0.2, 0.25) is 0 Å². The van der Waals surface area contributed by atoms with Gasteiger partial charge < -0.3 is 19.1 Å². The zero-order valence-electron chi connectivity index (χ0n) is 15.0. The van der Waals surface area contributed by atoms with E-state index < -0.39 is 23.4 Å². The number of nitrogens with zero attached hydrogens (tertiary/aromatic N) is 2. The largest absolute Gasteiger partial charge is 0.496 e. The van der Waals surface area contributed by atoms with Crippen LogP contribution in [0.15, 0.2) is 18.2 Å². The Morgan fingerprint density at radius 2 is 1.89 bits per heavy atom. The lowest BCUT2D eigenvalue weighted by Gasteiger charge is -2.30. The molecule has 0 saturated carbocycles. The summed E-state index contributed by atoms with van der Waals surface area (Å²) in [4.78, 5) is 47.6. The van der Waals surface area contributed by atoms with Crippen molar-refractivity contribution < 1.29 is 33.5 Å². The molecule has 1 aromatic carbocycles. The Bertz CT molecular complexity index is 740. The van der Waals surface area contributed by atoms with Gasteiger partial charge >= 0.3 is 11.9 Å². The number of nitro benzene ring substituents is 1. The molecule has 1 aromatic rings. The molecular weight excluding hydrogens is 360 g/mol. The van der Waals surface area contributed by atoms with Crippen molar-refractivity contribution in [2.24, 2.45) is 5.92 Å². The Labute approximate surface area is 155 Å². The molecule has 1 aliphatic heterocycles. The number of benzene rings is 1. The number of hydrogen-bond donors (Lipinski definition) is 0. The highest BCUT2D eigenvalue weighted by Crippen LogP contribution is 2.25. The van der Waals surface area contributed by atoms with Gasteiger partial charge in [0.05, 0.1) is 25.1 Å². The zero-order valence-corrected chi connectivity index (χ0v) is 15.0. The van der Waals surface area contributed by atoms with Gasteiger partial charge in [-0.05, 0) is 18.9 Å². The van der Waals surface area contributed by atoms with Crippen LogP contribution in [0.1, 0.15) is 23.2 Å². The number of carbonyl (C=O) groups excluding carboxylic acids is 3. The number of hydrogen-bond acceptors (Lipinski definition) is 8. The van der Waals surface area contributed by atoms with E-state index in [1.807, 2.05) is 0 Å². The zero-order chi connectivity index (χ0) is 20.0. The summed E-state index contributed by atoms with van der Waals surface area (Å²) in [6.45, 7) is 0.208. The third kappa shape index (κ3) is 4.93. The maximum Gasteiger partial charge on any atom is 0.342 e. The average molecular weight is 380 g/mol. The highest BCUT2D eigenvalue weighted by Gasteiger charge is 2.28. The molecule has 27 heavy (non-hydrogen) atoms. The number of carbonyl (C=O) groups is 3. The fourth-order valence-electron chi connectivity index (χ4n) is 2.80. The van der Waals surface area contributed by atoms with Gasteiger partial charge in [-0.15, -0.1) is 0 Å². The molecule has 0 N–H and O–H groups in total. The van der Waals surface area contributed by atoms with Crippen molar-refractivity contribution in [3.63, 3.8) is 0 Å². The number of likely N-dealkylation sites (tertiary alicyclic amines) is 1. The van der Waals surface area contributed by atoms with Crippen LogP contribution in [0.2, 0.25) is 0 Å². The number of nitro groups is 1. The standard InChI is InChI=1S/C17H20N2O8/c1-25-14-4-3-12(19(23)24)9-13(14)17(22)27-10-15(20)18-7-5-11(6-8-18)16(21)26-2/h3-4,9,11H,5-8,10H2,1-2H3. The van der Waals surface area contributed by atoms with E-state index in [2.05, 4.69) is 0 Å². The highest BCUT2D eigenvalue weighted by atomic mass is 16.6. The molecule has 10 heteroatoms. The quantitative estimate of drug-likeness (QED) is 0.409. The van der Waals surface area contributed by atoms with Gasteiger partial charge in [0, 0.05) is 25.2 Å². The van der Waals surface area contributed by atoms with E-state index in [0.29, 0.717) is 25.9 Å². The van der Waals surface area contributed by atoms with E-state index >= 15 is 0 Å². The Balaban J connectivity index is 1.94. The Hall–Kier alpha value is -3.17. The van der Waals surface area contributed by atoms with Crippen LogP contribution in [-0.4, -0.2) is 61.6 Å². The van der Waals surface area contributed by atoms with Gasteiger partial charge in [-0.3, -0.25) is 19.7 Å². The van der Waals surface area contributed by atoms with Crippen molar-refractivity contribution in [1.29, 1.82) is 0 Å². The van der Waals surface area contributed by atoms with Crippen molar-refractivity contribution in [2.45, 2.75) is 12.8 Å². The number of esters is 2. The van der Waals surface area contributed by atoms with E-state index in [1.165, 1.54) is 31.3 Å². The van der Waals surface area contributed by atoms with Crippen LogP contribution in [-0.2, 0) is 19.1 Å². The molecule has 0 radical (unpaired) electrons. The number of piperidine rings is 1. The molecular formula is C17H20N2O8. The molecule has 2 rings (SSSR count). The lowest BCUT2D eigenvalue weighted by Crippen LogP contribution is -2.42. The van der Waals surface area contributed by atoms with E-state index in [1.54, 1.807) is 0 Å². The van der Waals surface area contributed by atoms with Gasteiger partial charge in [-0.25, -0.2) is 4.79 Å². The molecule has 1 aliphatic rings. The molecule has 1 saturated heterocycles. The van der Waals surface area contributed by atoms with E-state index in [0.717, 1.165) is 6.07 Å². The molecule has 0 aromatic heterocycles. The number of methoxy groups -OCH3 is 2. The minimum Gasteiger partial charge on any atom is -0.496 e. The average Bonchev–Trinajstić information content (AvgIpc) is 2.70. The fraction of sp³-hybridized carbons (Fsp3) is 0.471. The molecule has 1 amide bonds. The second kappa shape index (κ2) is 8.97. The molecule has 0 atom stereocenters. The first-order valence-corrected chi connectivity index (χ1v) is 8.22. The van der Waals surface area contributed by atoms with Gasteiger partial charge in [0.1, 0.15) is 11.3 Å². The second-order valence-corrected chi connectivity index (χ2v) is 5.90. The van der Waals surface area contributed by atoms with Gasteiger partial charge in [0.25, 0.3) is 11.6 Å². The van der Waals surface area contributed by atoms with Crippen LogP contribution in [0, 0.1) is 16.0 Å². The summed E-state index contributed by atoms with van der Waals surface area (Å²) in [6.07, 6.45) is 0.954. The first-order valence-electron chi connectivity index (χ1n) is 8.22. The lowest BCUT2D eigenvalue weighted by molar-refractivity contribution is -0.384. The molecule has 0 spiro atoms. The van der Waals surface area contributed by atoms with Crippen LogP contribution in [0.4, 0.5) is 5.69 Å². The third-order valence-electron chi connectivity index (χ3n) is 4.32. The van der Waals surface area contributed by atoms with Crippen molar-refractivity contribution in [1.82, 2.24) is 4.90 Å². The maximum absolute atomic E-state index is 12.2. The summed E-state index contributed by atoms with van der Waals surface area (Å²) in [5.74, 6) is -1.73. The second-order valence-electron chi connectivity index (χ2n) is 5.90. The Morgan fingerprint density at radius 3 is 2.44 bits per heavy atom. The van der Waals surface area contributed by atoms with Crippen molar-refractivity contribution in [2.75, 3.05) is 33.9 Å². The molecule has 0 unspecified atom stereocenters. The molecule has 1 heterocycles. The smallest absolute Gasteiger partial charge is 0.342 e. The monoisotopic (exact) mass is 380 g/mol. The molecule has 10 nitrogen and oxygen atoms in total. The summed E-state index contributed by atoms with van der Waals surface area (Å²) in [7, 11) is 2.63. The summed E-state index contributed by atoms with van der Waals surface area (Å²) in [5, 5.41) is 10.9. The summed E-state index contributed by atoms with van der Waals surface area (Å²) < 4.78 is 14.7. The van der Waals surface area contributed by atoms with Crippen LogP contribution >= 0.6 is 0 Å². The summed E-state index contributed by atoms with van der Waals surface area (Å²) in [5.41, 5.74) is -0.428. The van der Waals surface area contributed by atoms with Crippen molar-refractivity contribution >= 4 is 23.5 Å². The first-order chi connectivity index (χ1) is 12.9. The number of ether oxygens (including phenoxy) is 3. The first kappa shape index (κ1) is 20.1. The minimum absolute atomic E-state index is 0.108. The molecule has 1 fully saturated rings. The molecule has 146 valence electrons. The van der Waals surface area contributed by atoms with Crippen molar-refractivity contribution in [3.05, 3.63) is 33.9 Å². The third-order valence-corrected chi connectivity index (χ3v) is 4.32. The molecule has 0 bridgehead atoms. The predicted molar refractivity (Wildman–Crippen MR) is 91.3 cm³/mol. The van der Waals surface area contributed by atoms with Gasteiger partial charge in [0.15, 0.2) is 6.61 Å². The van der Waals surface area contributed by atoms with Crippen LogP contribution in [0.25, 0.3) is 0 Å². The number of non-ortho nitro benzene ring substituents is 1. The minimum atomic E-state index is -0.895. The maximum atomic E-state index is 12.2. The van der Waals surface area contributed by atoms with Gasteiger partial charge in [-0.2, -0.15) is 0 Å². The highest BCUT2D eigenvalue weighted by molar-refractivity contribution is 5.94. The van der Waals surface area contributed by atoms with Crippen LogP contribution in [0.3, 0.4) is 0 Å². The number of amides is 1. The fourth-order valence-corrected chi connectivity index (χ4v) is 2.80. The normalized spacial score (nSPS) is 14.4. The van der Waals surface area contributed by atoms with E-state index in [9.17, 15) is 24.5 Å². The van der Waals surface area contributed by atoms with Crippen molar-refractivity contribution in [3.8, 4) is 5.75 Å². The van der Waals surface area contributed by atoms with Crippen LogP contribution in [0.5, 0.6) is 5.75 Å². The topological polar surface area (TPSA) is 125 Å². The van der Waals surface area contributed by atoms with E-state index in [4.69, 9.17) is 14.2 Å². The van der Waals surface area contributed by atoms with Crippen LogP contribution < -0.4 is 4.74 Å². The summed E-state index contributed by atoms with van der Waals surface area (Å²) >= 11 is 0. The Kier molecular flexibility index (Phi) is 6.69. The van der Waals surface area contributed by atoms with Gasteiger partial charge in [-0.1, -0.05) is 0 Å². The summed E-state index contributed by atoms with van der Waals surface area (Å²) in [6, 6.07) is 3.52. The number of rotatable bonds is 6. The molecule has 0 aliphatic carbocycles. The Morgan fingerprint density at radius 1 is 1.22 bits per heavy atom. The predicted octanol–water partition coefficient (Wildman–Crippen LogP) is 1.17. The lowest BCUT2D eigenvalue weighted by atomic mass is 9.97.